The van der Waals surface area contributed by atoms with Crippen molar-refractivity contribution in [2.75, 3.05) is 13.2 Å². The molecule has 2 N–H and O–H groups in total. The number of alkyl halides is 3. The number of hydrogen-bond donors (Lipinski definition) is 2. The number of rotatable bonds is 9. The minimum absolute atomic E-state index is 0.117. The maximum atomic E-state index is 13.2. The van der Waals surface area contributed by atoms with E-state index in [1.54, 1.807) is 54.6 Å². The normalized spacial score (nSPS) is 21.4. The molecule has 0 spiro atoms. The fourth-order valence-corrected chi connectivity index (χ4v) is 4.33. The number of amides is 1. The largest absolute Gasteiger partial charge is 0.459 e. The molecular weight excluding hydrogens is 641 g/mol. The monoisotopic (exact) mass is 665 g/mol. The summed E-state index contributed by atoms with van der Waals surface area (Å²) in [4.78, 5) is 51.7. The topological polar surface area (TPSA) is 147 Å². The molecule has 11 nitrogen and oxygen atoms in total. The van der Waals surface area contributed by atoms with E-state index in [0.29, 0.717) is 0 Å². The lowest BCUT2D eigenvalue weighted by Gasteiger charge is -2.43. The third kappa shape index (κ3) is 9.31. The third-order valence-corrected chi connectivity index (χ3v) is 6.54. The smallest absolute Gasteiger partial charge is 0.407 e. The van der Waals surface area contributed by atoms with Gasteiger partial charge in [0.2, 0.25) is 3.79 Å². The molecule has 0 aromatic heterocycles. The Hall–Kier alpha value is -3.87. The van der Waals surface area contributed by atoms with E-state index in [-0.39, 0.29) is 16.7 Å². The fraction of sp³-hybridized carbons (Fsp3) is 0.267. The summed E-state index contributed by atoms with van der Waals surface area (Å²) in [5, 5.41) is 13.3. The third-order valence-electron chi connectivity index (χ3n) is 6.21. The van der Waals surface area contributed by atoms with Crippen molar-refractivity contribution in [3.63, 3.8) is 0 Å². The van der Waals surface area contributed by atoms with Crippen LogP contribution in [0.25, 0.3) is 0 Å². The zero-order valence-electron chi connectivity index (χ0n) is 22.7. The highest BCUT2D eigenvalue weighted by Gasteiger charge is 2.51. The summed E-state index contributed by atoms with van der Waals surface area (Å²) in [6, 6.07) is 22.2. The average Bonchev–Trinajstić information content (AvgIpc) is 3.02. The molecule has 0 radical (unpaired) electrons. The predicted octanol–water partition coefficient (Wildman–Crippen LogP) is 4.48. The molecule has 0 aliphatic carbocycles. The van der Waals surface area contributed by atoms with Crippen LogP contribution < -0.4 is 5.32 Å². The summed E-state index contributed by atoms with van der Waals surface area (Å²) in [6.07, 6.45) is -7.54. The summed E-state index contributed by atoms with van der Waals surface area (Å²) in [7, 11) is 0. The van der Waals surface area contributed by atoms with Crippen LogP contribution in [0, 0.1) is 0 Å². The number of aliphatic hydroxyl groups excluding tert-OH is 1. The van der Waals surface area contributed by atoms with Crippen LogP contribution in [-0.2, 0) is 23.7 Å². The van der Waals surface area contributed by atoms with E-state index < -0.39 is 71.7 Å². The first-order valence-electron chi connectivity index (χ1n) is 13.1. The van der Waals surface area contributed by atoms with Crippen LogP contribution in [0.1, 0.15) is 31.1 Å². The lowest BCUT2D eigenvalue weighted by atomic mass is 9.96. The van der Waals surface area contributed by atoms with Crippen LogP contribution in [0.2, 0.25) is 0 Å². The highest BCUT2D eigenvalue weighted by atomic mass is 35.6. The predicted molar refractivity (Wildman–Crippen MR) is 157 cm³/mol. The van der Waals surface area contributed by atoms with Crippen molar-refractivity contribution < 1.29 is 48.0 Å². The number of carbonyl (C=O) groups excluding carboxylic acids is 4. The molecular formula is C30H26Cl3NO10. The van der Waals surface area contributed by atoms with Gasteiger partial charge >= 0.3 is 24.0 Å². The van der Waals surface area contributed by atoms with Gasteiger partial charge in [0.05, 0.1) is 16.7 Å². The average molecular weight is 667 g/mol. The molecule has 232 valence electrons. The Kier molecular flexibility index (Phi) is 11.4. The van der Waals surface area contributed by atoms with Crippen molar-refractivity contribution in [2.24, 2.45) is 0 Å². The van der Waals surface area contributed by atoms with Gasteiger partial charge in [-0.25, -0.2) is 19.2 Å². The molecule has 14 heteroatoms. The summed E-state index contributed by atoms with van der Waals surface area (Å²) in [5.74, 6) is -2.47. The van der Waals surface area contributed by atoms with Crippen LogP contribution in [0.4, 0.5) is 4.79 Å². The van der Waals surface area contributed by atoms with Gasteiger partial charge in [0.25, 0.3) is 0 Å². The summed E-state index contributed by atoms with van der Waals surface area (Å²) in [5.41, 5.74) is 0.481. The van der Waals surface area contributed by atoms with Crippen LogP contribution >= 0.6 is 34.8 Å². The second kappa shape index (κ2) is 15.2. The summed E-state index contributed by atoms with van der Waals surface area (Å²) < 4.78 is 25.5. The molecule has 0 bridgehead atoms. The summed E-state index contributed by atoms with van der Waals surface area (Å²) >= 11 is 17.0. The zero-order valence-corrected chi connectivity index (χ0v) is 25.0. The van der Waals surface area contributed by atoms with Gasteiger partial charge in [-0.3, -0.25) is 0 Å². The maximum Gasteiger partial charge on any atom is 0.407 e. The van der Waals surface area contributed by atoms with Crippen LogP contribution in [0.3, 0.4) is 0 Å². The molecule has 5 atom stereocenters. The molecule has 44 heavy (non-hydrogen) atoms. The Labute approximate surface area is 266 Å². The van der Waals surface area contributed by atoms with E-state index in [9.17, 15) is 24.3 Å². The van der Waals surface area contributed by atoms with Crippen molar-refractivity contribution in [1.82, 2.24) is 5.32 Å². The zero-order chi connectivity index (χ0) is 31.7. The van der Waals surface area contributed by atoms with Crippen molar-refractivity contribution >= 4 is 58.8 Å². The van der Waals surface area contributed by atoms with E-state index in [1.807, 2.05) is 0 Å². The number of carbonyl (C=O) groups is 4. The number of esters is 3. The molecule has 4 rings (SSSR count). The minimum Gasteiger partial charge on any atom is -0.459 e. The SMILES string of the molecule is O=C(N[C@@H]1[C@@H](OC(=O)c2ccccc2)[C@H](OC(=O)c2ccccc2)[C@@H](COC(=O)c2ccccc2)O[C@@H]1O)OCC(Cl)(Cl)Cl. The van der Waals surface area contributed by atoms with Gasteiger partial charge < -0.3 is 34.1 Å². The Morgan fingerprint density at radius 1 is 0.705 bits per heavy atom. The first kappa shape index (κ1) is 33.0. The van der Waals surface area contributed by atoms with Crippen molar-refractivity contribution in [3.8, 4) is 0 Å². The molecule has 1 fully saturated rings. The molecule has 0 unspecified atom stereocenters. The van der Waals surface area contributed by atoms with Crippen molar-refractivity contribution in [2.45, 2.75) is 34.4 Å². The Morgan fingerprint density at radius 3 is 1.64 bits per heavy atom. The second-order valence-electron chi connectivity index (χ2n) is 9.36. The maximum absolute atomic E-state index is 13.2. The second-order valence-corrected chi connectivity index (χ2v) is 11.9. The van der Waals surface area contributed by atoms with Crippen molar-refractivity contribution in [1.29, 1.82) is 0 Å². The van der Waals surface area contributed by atoms with E-state index >= 15 is 0 Å². The highest BCUT2D eigenvalue weighted by molar-refractivity contribution is 6.67. The number of ether oxygens (including phenoxy) is 5. The summed E-state index contributed by atoms with van der Waals surface area (Å²) in [6.45, 7) is -1.20. The van der Waals surface area contributed by atoms with Gasteiger partial charge in [0.1, 0.15) is 25.4 Å². The Balaban J connectivity index is 1.65. The van der Waals surface area contributed by atoms with E-state index in [1.165, 1.54) is 36.4 Å². The first-order chi connectivity index (χ1) is 21.0. The molecule has 1 heterocycles. The quantitative estimate of drug-likeness (QED) is 0.190. The van der Waals surface area contributed by atoms with Gasteiger partial charge in [-0.15, -0.1) is 0 Å². The lowest BCUT2D eigenvalue weighted by Crippen LogP contribution is -2.66. The molecule has 3 aromatic rings. The van der Waals surface area contributed by atoms with Crippen molar-refractivity contribution in [3.05, 3.63) is 108 Å². The number of alkyl carbamates (subject to hydrolysis) is 1. The Bertz CT molecular complexity index is 1420. The molecule has 3 aromatic carbocycles. The van der Waals surface area contributed by atoms with Gasteiger partial charge in [0.15, 0.2) is 18.5 Å². The highest BCUT2D eigenvalue weighted by Crippen LogP contribution is 2.29. The van der Waals surface area contributed by atoms with Gasteiger partial charge in [-0.05, 0) is 36.4 Å². The van der Waals surface area contributed by atoms with E-state index in [4.69, 9.17) is 58.5 Å². The fourth-order valence-electron chi connectivity index (χ4n) is 4.16. The molecule has 1 amide bonds. The number of nitrogens with one attached hydrogen (secondary N) is 1. The standard InChI is InChI=1S/C30H26Cl3NO10/c31-30(32,33)17-41-29(39)34-22-24(44-27(37)20-14-8-3-9-15-20)23(43-26(36)19-12-6-2-7-13-19)21(42-28(22)38)16-40-25(35)18-10-4-1-5-11-18/h1-15,21-24,28,38H,16-17H2,(H,34,39)/t21-,22-,23-,24-,28+/m1/s1. The number of benzene rings is 3. The first-order valence-corrected chi connectivity index (χ1v) is 14.2. The van der Waals surface area contributed by atoms with E-state index in [2.05, 4.69) is 5.32 Å². The van der Waals surface area contributed by atoms with E-state index in [0.717, 1.165) is 0 Å². The molecule has 1 aliphatic rings. The lowest BCUT2D eigenvalue weighted by molar-refractivity contribution is -0.252. The van der Waals surface area contributed by atoms with Gasteiger partial charge in [-0.2, -0.15) is 0 Å². The Morgan fingerprint density at radius 2 is 1.16 bits per heavy atom. The van der Waals surface area contributed by atoms with Crippen LogP contribution in [0.5, 0.6) is 0 Å². The van der Waals surface area contributed by atoms with Crippen LogP contribution in [-0.4, -0.2) is 76.8 Å². The molecule has 0 saturated carbocycles. The van der Waals surface area contributed by atoms with Crippen LogP contribution in [0.15, 0.2) is 91.0 Å². The minimum atomic E-state index is -1.94. The molecule has 1 aliphatic heterocycles. The van der Waals surface area contributed by atoms with Gasteiger partial charge in [-0.1, -0.05) is 89.4 Å². The number of hydrogen-bond acceptors (Lipinski definition) is 10. The molecule has 1 saturated heterocycles. The number of aliphatic hydroxyl groups is 1. The van der Waals surface area contributed by atoms with Gasteiger partial charge in [0, 0.05) is 0 Å². The number of halogens is 3.